The first-order valence-electron chi connectivity index (χ1n) is 17.1. The smallest absolute Gasteiger partial charge is 0.0351 e. The maximum absolute atomic E-state index is 4.25. The summed E-state index contributed by atoms with van der Waals surface area (Å²) in [6, 6.07) is 0. The van der Waals surface area contributed by atoms with E-state index in [2.05, 4.69) is 23.7 Å². The van der Waals surface area contributed by atoms with E-state index in [-0.39, 0.29) is 0 Å². The van der Waals surface area contributed by atoms with Gasteiger partial charge in [0, 0.05) is 71.1 Å². The summed E-state index contributed by atoms with van der Waals surface area (Å²) >= 11 is 0. The highest BCUT2D eigenvalue weighted by molar-refractivity contribution is 3.58. The first kappa shape index (κ1) is 124. The van der Waals surface area contributed by atoms with Crippen LogP contribution in [0.2, 0.25) is 0 Å². The van der Waals surface area contributed by atoms with Crippen LogP contribution in [-0.4, -0.2) is 71.1 Å². The number of hydrogen-bond donors (Lipinski definition) is 0. The van der Waals surface area contributed by atoms with Crippen molar-refractivity contribution in [1.29, 1.82) is 0 Å². The topological polar surface area (TPSA) is 46.2 Å². The minimum absolute atomic E-state index is 1.62. The first-order valence-corrected chi connectivity index (χ1v) is 17.1. The van der Waals surface area contributed by atoms with E-state index in [1.165, 1.54) is 0 Å². The second-order valence-corrected chi connectivity index (χ2v) is 2.04. The van der Waals surface area contributed by atoms with Crippen molar-refractivity contribution in [2.75, 3.05) is 71.1 Å². The SMILES string of the molecule is CC.CC.CC.CC.CC.CC.CC.CC.CC.CC.CC.CC.CC.COC.COC.COC.COC.COC. The molecule has 0 atom stereocenters. The summed E-state index contributed by atoms with van der Waals surface area (Å²) in [5.74, 6) is 0. The first-order chi connectivity index (χ1) is 20.1. The molecule has 282 valence electrons. The third-order valence-corrected chi connectivity index (χ3v) is 0. The Morgan fingerprint density at radius 1 is 0.122 bits per heavy atom. The second-order valence-electron chi connectivity index (χ2n) is 2.04. The fourth-order valence-corrected chi connectivity index (χ4v) is 0. The molecule has 0 aromatic carbocycles. The highest BCUT2D eigenvalue weighted by Gasteiger charge is 1.27. The zero-order valence-electron chi connectivity index (χ0n) is 38.0. The molecule has 0 spiro atoms. The molecule has 0 unspecified atom stereocenters. The lowest BCUT2D eigenvalue weighted by molar-refractivity contribution is 0.277. The molecule has 0 aliphatic rings. The largest absolute Gasteiger partial charge is 0.388 e. The van der Waals surface area contributed by atoms with Gasteiger partial charge in [-0.2, -0.15) is 0 Å². The van der Waals surface area contributed by atoms with Crippen LogP contribution >= 0.6 is 0 Å². The van der Waals surface area contributed by atoms with Gasteiger partial charge in [0.15, 0.2) is 0 Å². The van der Waals surface area contributed by atoms with Gasteiger partial charge in [-0.3, -0.25) is 0 Å². The van der Waals surface area contributed by atoms with Crippen molar-refractivity contribution in [3.05, 3.63) is 0 Å². The molecule has 0 saturated heterocycles. The van der Waals surface area contributed by atoms with Gasteiger partial charge in [0.05, 0.1) is 0 Å². The third kappa shape index (κ3) is 1420000. The lowest BCUT2D eigenvalue weighted by atomic mass is 11.0. The van der Waals surface area contributed by atoms with E-state index in [1.54, 1.807) is 71.1 Å². The zero-order chi connectivity index (χ0) is 39.5. The van der Waals surface area contributed by atoms with E-state index in [9.17, 15) is 0 Å². The molecule has 0 N–H and O–H groups in total. The zero-order valence-corrected chi connectivity index (χ0v) is 38.0. The Hall–Kier alpha value is -0.200. The minimum Gasteiger partial charge on any atom is -0.388 e. The summed E-state index contributed by atoms with van der Waals surface area (Å²) in [6.45, 7) is 52.0. The van der Waals surface area contributed by atoms with Gasteiger partial charge in [0.1, 0.15) is 0 Å². The maximum atomic E-state index is 4.25. The third-order valence-electron chi connectivity index (χ3n) is 0. The molecule has 0 rings (SSSR count). The van der Waals surface area contributed by atoms with E-state index in [0.717, 1.165) is 0 Å². The molecule has 5 nitrogen and oxygen atoms in total. The molecule has 5 heteroatoms. The van der Waals surface area contributed by atoms with E-state index in [0.29, 0.717) is 0 Å². The van der Waals surface area contributed by atoms with Gasteiger partial charge in [-0.05, 0) is 0 Å². The van der Waals surface area contributed by atoms with E-state index >= 15 is 0 Å². The summed E-state index contributed by atoms with van der Waals surface area (Å²) in [7, 11) is 16.2. The van der Waals surface area contributed by atoms with Crippen molar-refractivity contribution in [1.82, 2.24) is 0 Å². The fraction of sp³-hybridized carbons (Fsp3) is 1.00. The standard InChI is InChI=1S/5C2H6O.13C2H6/c5*1-3-2;13*1-2/h5*1-2H3;13*1-2H3. The predicted octanol–water partition coefficient (Wildman–Crippen LogP) is 14.7. The summed E-state index contributed by atoms with van der Waals surface area (Å²) in [4.78, 5) is 0. The Labute approximate surface area is 274 Å². The molecular formula is C36H108O5. The van der Waals surface area contributed by atoms with Crippen molar-refractivity contribution < 1.29 is 23.7 Å². The highest BCUT2D eigenvalue weighted by atomic mass is 16.5. The van der Waals surface area contributed by atoms with Crippen LogP contribution in [0, 0.1) is 0 Å². The molecule has 0 bridgehead atoms. The summed E-state index contributed by atoms with van der Waals surface area (Å²) in [5, 5.41) is 0. The molecule has 0 radical (unpaired) electrons. The maximum Gasteiger partial charge on any atom is 0.0351 e. The lowest BCUT2D eigenvalue weighted by Gasteiger charge is -1.61. The molecule has 0 heterocycles. The van der Waals surface area contributed by atoms with Gasteiger partial charge in [-0.1, -0.05) is 180 Å². The molecule has 41 heavy (non-hydrogen) atoms. The van der Waals surface area contributed by atoms with Crippen LogP contribution in [0.1, 0.15) is 180 Å². The Morgan fingerprint density at radius 2 is 0.122 bits per heavy atom. The van der Waals surface area contributed by atoms with Crippen LogP contribution in [0.4, 0.5) is 0 Å². The van der Waals surface area contributed by atoms with Gasteiger partial charge in [0.25, 0.3) is 0 Å². The number of methoxy groups -OCH3 is 5. The van der Waals surface area contributed by atoms with Crippen LogP contribution in [-0.2, 0) is 23.7 Å². The van der Waals surface area contributed by atoms with Crippen molar-refractivity contribution >= 4 is 0 Å². The molecule has 0 amide bonds. The fourth-order valence-electron chi connectivity index (χ4n) is 0. The Bertz CT molecular complexity index is 33.5. The highest BCUT2D eigenvalue weighted by Crippen LogP contribution is 1.29. The Morgan fingerprint density at radius 3 is 0.122 bits per heavy atom. The molecule has 0 aliphatic heterocycles. The predicted molar refractivity (Wildman–Crippen MR) is 212 cm³/mol. The summed E-state index contributed by atoms with van der Waals surface area (Å²) < 4.78 is 21.2. The molecular weight excluding hydrogens is 512 g/mol. The van der Waals surface area contributed by atoms with Crippen molar-refractivity contribution in [3.63, 3.8) is 0 Å². The number of ether oxygens (including phenoxy) is 5. The summed E-state index contributed by atoms with van der Waals surface area (Å²) in [6.07, 6.45) is 0. The van der Waals surface area contributed by atoms with E-state index < -0.39 is 0 Å². The van der Waals surface area contributed by atoms with Gasteiger partial charge in [-0.25, -0.2) is 0 Å². The lowest BCUT2D eigenvalue weighted by Crippen LogP contribution is -1.55. The molecule has 0 aliphatic carbocycles. The summed E-state index contributed by atoms with van der Waals surface area (Å²) in [5.41, 5.74) is 0. The van der Waals surface area contributed by atoms with Gasteiger partial charge >= 0.3 is 0 Å². The van der Waals surface area contributed by atoms with Crippen LogP contribution in [0.5, 0.6) is 0 Å². The molecule has 0 aromatic heterocycles. The molecule has 0 fully saturated rings. The van der Waals surface area contributed by atoms with Crippen molar-refractivity contribution in [3.8, 4) is 0 Å². The van der Waals surface area contributed by atoms with Crippen LogP contribution in [0.25, 0.3) is 0 Å². The van der Waals surface area contributed by atoms with Gasteiger partial charge in [-0.15, -0.1) is 0 Å². The van der Waals surface area contributed by atoms with Crippen LogP contribution < -0.4 is 0 Å². The van der Waals surface area contributed by atoms with Gasteiger partial charge < -0.3 is 23.7 Å². The Balaban J connectivity index is -0.00000000857. The monoisotopic (exact) mass is 621 g/mol. The van der Waals surface area contributed by atoms with E-state index in [1.807, 2.05) is 180 Å². The van der Waals surface area contributed by atoms with Gasteiger partial charge in [0.2, 0.25) is 0 Å². The quantitative estimate of drug-likeness (QED) is 0.269. The van der Waals surface area contributed by atoms with Crippen LogP contribution in [0.15, 0.2) is 0 Å². The molecule has 0 saturated carbocycles. The Kier molecular flexibility index (Phi) is 7890. The normalized spacial score (nSPS) is 4.10. The molecule has 0 aromatic rings. The van der Waals surface area contributed by atoms with E-state index in [4.69, 9.17) is 0 Å². The van der Waals surface area contributed by atoms with Crippen molar-refractivity contribution in [2.45, 2.75) is 180 Å². The second kappa shape index (κ2) is 2600. The van der Waals surface area contributed by atoms with Crippen LogP contribution in [0.3, 0.4) is 0 Å². The average molecular weight is 621 g/mol. The van der Waals surface area contributed by atoms with Crippen molar-refractivity contribution in [2.24, 2.45) is 0 Å². The average Bonchev–Trinajstić information content (AvgIpc) is 3.11. The number of hydrogen-bond acceptors (Lipinski definition) is 5. The minimum atomic E-state index is 1.62. The number of rotatable bonds is 0.